The van der Waals surface area contributed by atoms with Gasteiger partial charge < -0.3 is 15.0 Å². The molecule has 0 saturated heterocycles. The number of rotatable bonds is 9. The highest BCUT2D eigenvalue weighted by Gasteiger charge is 2.20. The molecule has 1 atom stereocenters. The molecule has 0 radical (unpaired) electrons. The molecule has 0 saturated carbocycles. The highest BCUT2D eigenvalue weighted by Crippen LogP contribution is 2.24. The number of thioether (sulfide) groups is 1. The minimum Gasteiger partial charge on any atom is -0.464 e. The fourth-order valence-corrected chi connectivity index (χ4v) is 4.06. The number of amides is 1. The number of aromatic nitrogens is 4. The summed E-state index contributed by atoms with van der Waals surface area (Å²) >= 11 is 7.93. The lowest BCUT2D eigenvalue weighted by Gasteiger charge is -2.15. The summed E-state index contributed by atoms with van der Waals surface area (Å²) in [5.74, 6) is 0.636. The van der Waals surface area contributed by atoms with Crippen LogP contribution in [0.15, 0.2) is 48.1 Å². The van der Waals surface area contributed by atoms with Gasteiger partial charge in [0, 0.05) is 29.4 Å². The zero-order valence-electron chi connectivity index (χ0n) is 17.3. The van der Waals surface area contributed by atoms with Crippen molar-refractivity contribution >= 4 is 35.4 Å². The highest BCUT2D eigenvalue weighted by molar-refractivity contribution is 7.99. The molecular formula is C21H24ClN5O3S. The molecular weight excluding hydrogens is 438 g/mol. The van der Waals surface area contributed by atoms with E-state index in [-0.39, 0.29) is 11.9 Å². The van der Waals surface area contributed by atoms with Gasteiger partial charge in [0.15, 0.2) is 5.16 Å². The van der Waals surface area contributed by atoms with Crippen molar-refractivity contribution in [2.45, 2.75) is 44.4 Å². The first-order valence-electron chi connectivity index (χ1n) is 9.87. The Morgan fingerprint density at radius 2 is 2.06 bits per heavy atom. The van der Waals surface area contributed by atoms with Crippen molar-refractivity contribution < 1.29 is 14.7 Å². The minimum atomic E-state index is -1.10. The van der Waals surface area contributed by atoms with E-state index in [1.165, 1.54) is 12.5 Å². The molecule has 0 aliphatic carbocycles. The van der Waals surface area contributed by atoms with Crippen LogP contribution in [0.5, 0.6) is 0 Å². The van der Waals surface area contributed by atoms with E-state index in [1.807, 2.05) is 35.8 Å². The van der Waals surface area contributed by atoms with Gasteiger partial charge in [0.1, 0.15) is 12.0 Å². The number of carbonyl (C=O) groups is 2. The van der Waals surface area contributed by atoms with Gasteiger partial charge >= 0.3 is 6.09 Å². The molecule has 1 aromatic carbocycles. The van der Waals surface area contributed by atoms with Gasteiger partial charge in [-0.25, -0.2) is 19.3 Å². The molecule has 0 aliphatic heterocycles. The third-order valence-corrected chi connectivity index (χ3v) is 6.09. The lowest BCUT2D eigenvalue weighted by molar-refractivity contribution is 0.0930. The van der Waals surface area contributed by atoms with E-state index in [1.54, 1.807) is 18.0 Å². The number of hydrogen-bond donors (Lipinski definition) is 2. The molecule has 2 N–H and O–H groups in total. The summed E-state index contributed by atoms with van der Waals surface area (Å²) in [7, 11) is 0. The Labute approximate surface area is 189 Å². The molecule has 3 rings (SSSR count). The van der Waals surface area contributed by atoms with E-state index in [2.05, 4.69) is 22.2 Å². The van der Waals surface area contributed by atoms with Gasteiger partial charge in [-0.15, -0.1) is 0 Å². The van der Waals surface area contributed by atoms with Gasteiger partial charge in [-0.05, 0) is 25.0 Å². The Hall–Kier alpha value is -2.78. The molecule has 0 fully saturated rings. The first-order chi connectivity index (χ1) is 14.9. The maximum absolute atomic E-state index is 13.0. The van der Waals surface area contributed by atoms with Crippen LogP contribution in [0.3, 0.4) is 0 Å². The maximum Gasteiger partial charge on any atom is 0.416 e. The van der Waals surface area contributed by atoms with Crippen molar-refractivity contribution in [1.82, 2.24) is 24.4 Å². The Balaban J connectivity index is 1.76. The number of halogens is 1. The zero-order valence-corrected chi connectivity index (χ0v) is 18.9. The molecule has 8 nitrogen and oxygen atoms in total. The molecule has 1 amide bonds. The summed E-state index contributed by atoms with van der Waals surface area (Å²) in [5, 5.41) is 13.3. The molecule has 10 heteroatoms. The van der Waals surface area contributed by atoms with Crippen LogP contribution in [0.4, 0.5) is 4.79 Å². The number of benzene rings is 1. The van der Waals surface area contributed by atoms with Crippen LogP contribution in [0.25, 0.3) is 0 Å². The van der Waals surface area contributed by atoms with Crippen LogP contribution >= 0.6 is 23.4 Å². The van der Waals surface area contributed by atoms with E-state index < -0.39 is 6.09 Å². The third kappa shape index (κ3) is 5.89. The molecule has 31 heavy (non-hydrogen) atoms. The van der Waals surface area contributed by atoms with Crippen LogP contribution in [-0.2, 0) is 13.0 Å². The SMILES string of the molecule is CCCSc1ncc(C(=O)N[C@H](C)Cc2cn(C(=O)O)cn2)n1Cc1ccccc1Cl. The molecule has 0 aliphatic rings. The fourth-order valence-electron chi connectivity index (χ4n) is 3.03. The van der Waals surface area contributed by atoms with Crippen molar-refractivity contribution in [2.24, 2.45) is 0 Å². The maximum atomic E-state index is 13.0. The van der Waals surface area contributed by atoms with Crippen LogP contribution in [0.2, 0.25) is 5.02 Å². The standard InChI is InChI=1S/C21H24ClN5O3S/c1-3-8-31-20-23-10-18(27(20)11-15-6-4-5-7-17(15)22)19(28)25-14(2)9-16-12-26(13-24-16)21(29)30/h4-7,10,12-14H,3,8-9,11H2,1-2H3,(H,25,28)(H,29,30)/t14-/m1/s1. The van der Waals surface area contributed by atoms with Gasteiger partial charge in [-0.1, -0.05) is 48.5 Å². The van der Waals surface area contributed by atoms with Crippen molar-refractivity contribution in [3.63, 3.8) is 0 Å². The van der Waals surface area contributed by atoms with Crippen molar-refractivity contribution in [2.75, 3.05) is 5.75 Å². The lowest BCUT2D eigenvalue weighted by atomic mass is 10.2. The third-order valence-electron chi connectivity index (χ3n) is 4.52. The highest BCUT2D eigenvalue weighted by atomic mass is 35.5. The molecule has 0 unspecified atom stereocenters. The molecule has 0 spiro atoms. The van der Waals surface area contributed by atoms with Crippen molar-refractivity contribution in [1.29, 1.82) is 0 Å². The van der Waals surface area contributed by atoms with E-state index in [0.717, 1.165) is 27.5 Å². The van der Waals surface area contributed by atoms with Crippen molar-refractivity contribution in [3.8, 4) is 0 Å². The number of imidazole rings is 2. The normalized spacial score (nSPS) is 12.0. The Kier molecular flexibility index (Phi) is 7.75. The van der Waals surface area contributed by atoms with Crippen molar-refractivity contribution in [3.05, 3.63) is 65.0 Å². The summed E-state index contributed by atoms with van der Waals surface area (Å²) in [6.07, 6.45) is 4.55. The van der Waals surface area contributed by atoms with Gasteiger partial charge in [-0.2, -0.15) is 0 Å². The van der Waals surface area contributed by atoms with Gasteiger partial charge in [0.05, 0.1) is 18.4 Å². The average Bonchev–Trinajstić information content (AvgIpc) is 3.35. The van der Waals surface area contributed by atoms with E-state index in [0.29, 0.717) is 29.4 Å². The van der Waals surface area contributed by atoms with E-state index in [9.17, 15) is 9.59 Å². The van der Waals surface area contributed by atoms with Crippen LogP contribution in [0.1, 0.15) is 42.0 Å². The van der Waals surface area contributed by atoms with Gasteiger partial charge in [-0.3, -0.25) is 4.79 Å². The van der Waals surface area contributed by atoms with Gasteiger partial charge in [0.2, 0.25) is 0 Å². The lowest BCUT2D eigenvalue weighted by Crippen LogP contribution is -2.35. The van der Waals surface area contributed by atoms with Crippen LogP contribution in [0, 0.1) is 0 Å². The van der Waals surface area contributed by atoms with Crippen LogP contribution in [-0.4, -0.2) is 48.0 Å². The molecule has 2 aromatic heterocycles. The number of carbonyl (C=O) groups excluding carboxylic acids is 1. The second-order valence-corrected chi connectivity index (χ2v) is 8.55. The van der Waals surface area contributed by atoms with E-state index >= 15 is 0 Å². The first-order valence-corrected chi connectivity index (χ1v) is 11.2. The second-order valence-electron chi connectivity index (χ2n) is 7.09. The quantitative estimate of drug-likeness (QED) is 0.463. The topological polar surface area (TPSA) is 102 Å². The predicted octanol–water partition coefficient (Wildman–Crippen LogP) is 4.17. The summed E-state index contributed by atoms with van der Waals surface area (Å²) < 4.78 is 2.86. The predicted molar refractivity (Wildman–Crippen MR) is 120 cm³/mol. The average molecular weight is 462 g/mol. The number of hydrogen-bond acceptors (Lipinski definition) is 5. The van der Waals surface area contributed by atoms with Gasteiger partial charge in [0.25, 0.3) is 5.91 Å². The summed E-state index contributed by atoms with van der Waals surface area (Å²) in [6.45, 7) is 4.38. The summed E-state index contributed by atoms with van der Waals surface area (Å²) in [5.41, 5.74) is 1.93. The number of carboxylic acid groups (broad SMARTS) is 1. The second kappa shape index (κ2) is 10.5. The minimum absolute atomic E-state index is 0.250. The Morgan fingerprint density at radius 1 is 1.29 bits per heavy atom. The zero-order chi connectivity index (χ0) is 22.4. The molecule has 164 valence electrons. The molecule has 0 bridgehead atoms. The fraction of sp³-hybridized carbons (Fsp3) is 0.333. The summed E-state index contributed by atoms with van der Waals surface area (Å²) in [4.78, 5) is 32.5. The monoisotopic (exact) mass is 461 g/mol. The van der Waals surface area contributed by atoms with Crippen LogP contribution < -0.4 is 5.32 Å². The summed E-state index contributed by atoms with van der Waals surface area (Å²) in [6, 6.07) is 7.28. The molecule has 3 aromatic rings. The largest absolute Gasteiger partial charge is 0.464 e. The Morgan fingerprint density at radius 3 is 2.74 bits per heavy atom. The smallest absolute Gasteiger partial charge is 0.416 e. The number of nitrogens with one attached hydrogen (secondary N) is 1. The Bertz CT molecular complexity index is 1060. The van der Waals surface area contributed by atoms with E-state index in [4.69, 9.17) is 16.7 Å². The number of nitrogens with zero attached hydrogens (tertiary/aromatic N) is 4. The molecule has 2 heterocycles. The first kappa shape index (κ1) is 22.9.